The van der Waals surface area contributed by atoms with E-state index in [2.05, 4.69) is 25.9 Å². The molecule has 0 radical (unpaired) electrons. The molecule has 3 rings (SSSR count). The molecule has 0 aliphatic heterocycles. The number of benzene rings is 1. The van der Waals surface area contributed by atoms with E-state index < -0.39 is 11.6 Å². The molecule has 0 spiro atoms. The molecule has 10 heteroatoms. The second kappa shape index (κ2) is 13.5. The van der Waals surface area contributed by atoms with Crippen LogP contribution in [0.25, 0.3) is 0 Å². The van der Waals surface area contributed by atoms with Gasteiger partial charge in [0, 0.05) is 30.9 Å². The zero-order chi connectivity index (χ0) is 26.8. The van der Waals surface area contributed by atoms with Crippen molar-refractivity contribution in [2.24, 2.45) is 11.8 Å². The Bertz CT molecular complexity index is 1050. The van der Waals surface area contributed by atoms with E-state index in [9.17, 15) is 9.59 Å². The molecule has 3 N–H and O–H groups in total. The normalized spacial score (nSPS) is 17.5. The molecule has 2 aromatic rings. The Morgan fingerprint density at radius 3 is 2.38 bits per heavy atom. The minimum Gasteiger partial charge on any atom is -0.462 e. The Labute approximate surface area is 224 Å². The van der Waals surface area contributed by atoms with Crippen molar-refractivity contribution < 1.29 is 19.1 Å². The van der Waals surface area contributed by atoms with Crippen LogP contribution in [-0.2, 0) is 16.0 Å². The smallest absolute Gasteiger partial charge is 0.407 e. The zero-order valence-electron chi connectivity index (χ0n) is 22.1. The van der Waals surface area contributed by atoms with E-state index in [-0.39, 0.29) is 12.7 Å². The number of alkyl carbamates (subject to hydrolysis) is 1. The molecule has 0 atom stereocenters. The molecule has 1 fully saturated rings. The van der Waals surface area contributed by atoms with Gasteiger partial charge >= 0.3 is 12.1 Å². The largest absolute Gasteiger partial charge is 0.462 e. The van der Waals surface area contributed by atoms with Crippen molar-refractivity contribution in [3.63, 3.8) is 0 Å². The molecule has 1 saturated carbocycles. The number of nitrogens with one attached hydrogen (secondary N) is 3. The Kier molecular flexibility index (Phi) is 10.4. The van der Waals surface area contributed by atoms with E-state index in [4.69, 9.17) is 21.1 Å². The van der Waals surface area contributed by atoms with E-state index in [1.807, 2.05) is 45.0 Å². The maximum Gasteiger partial charge on any atom is 0.407 e. The van der Waals surface area contributed by atoms with Crippen molar-refractivity contribution in [1.82, 2.24) is 15.3 Å². The van der Waals surface area contributed by atoms with Crippen LogP contribution < -0.4 is 16.0 Å². The highest BCUT2D eigenvalue weighted by Crippen LogP contribution is 2.29. The summed E-state index contributed by atoms with van der Waals surface area (Å²) >= 11 is 6.25. The molecule has 1 aromatic heterocycles. The fourth-order valence-corrected chi connectivity index (χ4v) is 4.40. The van der Waals surface area contributed by atoms with E-state index in [0.29, 0.717) is 53.8 Å². The Balaban J connectivity index is 1.54. The molecule has 1 aromatic carbocycles. The van der Waals surface area contributed by atoms with Crippen molar-refractivity contribution in [2.45, 2.75) is 65.5 Å². The van der Waals surface area contributed by atoms with Crippen LogP contribution in [0.1, 0.15) is 69.3 Å². The Morgan fingerprint density at radius 2 is 1.73 bits per heavy atom. The van der Waals surface area contributed by atoms with E-state index in [0.717, 1.165) is 31.2 Å². The highest BCUT2D eigenvalue weighted by atomic mass is 35.5. The van der Waals surface area contributed by atoms with E-state index >= 15 is 0 Å². The van der Waals surface area contributed by atoms with Gasteiger partial charge in [0.15, 0.2) is 0 Å². The average molecular weight is 532 g/mol. The van der Waals surface area contributed by atoms with Gasteiger partial charge in [0.2, 0.25) is 5.95 Å². The first-order chi connectivity index (χ1) is 17.6. The predicted octanol–water partition coefficient (Wildman–Crippen LogP) is 5.66. The highest BCUT2D eigenvalue weighted by Gasteiger charge is 2.24. The summed E-state index contributed by atoms with van der Waals surface area (Å²) in [5.74, 6) is 1.25. The van der Waals surface area contributed by atoms with E-state index in [1.54, 1.807) is 6.92 Å². The van der Waals surface area contributed by atoms with Crippen LogP contribution in [-0.4, -0.2) is 47.3 Å². The van der Waals surface area contributed by atoms with Gasteiger partial charge in [-0.1, -0.05) is 29.8 Å². The van der Waals surface area contributed by atoms with Gasteiger partial charge in [-0.25, -0.2) is 14.6 Å². The molecule has 1 amide bonds. The average Bonchev–Trinajstić information content (AvgIpc) is 2.85. The fourth-order valence-electron chi connectivity index (χ4n) is 4.20. The summed E-state index contributed by atoms with van der Waals surface area (Å²) in [6, 6.07) is 7.56. The summed E-state index contributed by atoms with van der Waals surface area (Å²) in [5.41, 5.74) is 0.732. The summed E-state index contributed by atoms with van der Waals surface area (Å²) in [6.45, 7) is 9.36. The van der Waals surface area contributed by atoms with Gasteiger partial charge in [-0.3, -0.25) is 0 Å². The molecule has 0 bridgehead atoms. The summed E-state index contributed by atoms with van der Waals surface area (Å²) in [7, 11) is 0. The van der Waals surface area contributed by atoms with Gasteiger partial charge in [0.25, 0.3) is 0 Å². The molecule has 37 heavy (non-hydrogen) atoms. The third-order valence-corrected chi connectivity index (χ3v) is 6.51. The number of rotatable bonds is 10. The molecule has 1 aliphatic carbocycles. The number of hydrogen-bond donors (Lipinski definition) is 3. The first-order valence-corrected chi connectivity index (χ1v) is 13.2. The van der Waals surface area contributed by atoms with Crippen molar-refractivity contribution >= 4 is 35.4 Å². The first-order valence-electron chi connectivity index (χ1n) is 12.9. The lowest BCUT2D eigenvalue weighted by atomic mass is 9.82. The molecule has 0 unspecified atom stereocenters. The first kappa shape index (κ1) is 28.5. The number of amides is 1. The summed E-state index contributed by atoms with van der Waals surface area (Å²) in [4.78, 5) is 33.3. The molecule has 9 nitrogen and oxygen atoms in total. The number of hydrogen-bond acceptors (Lipinski definition) is 8. The third kappa shape index (κ3) is 9.39. The summed E-state index contributed by atoms with van der Waals surface area (Å²) < 4.78 is 10.5. The van der Waals surface area contributed by atoms with Crippen LogP contribution >= 0.6 is 11.6 Å². The number of carbonyl (C=O) groups is 2. The lowest BCUT2D eigenvalue weighted by Gasteiger charge is -2.29. The van der Waals surface area contributed by atoms with Crippen molar-refractivity contribution in [2.75, 3.05) is 30.3 Å². The van der Waals surface area contributed by atoms with Crippen LogP contribution in [0.3, 0.4) is 0 Å². The molecule has 0 saturated heterocycles. The standard InChI is InChI=1S/C27H38ClN5O4/c1-5-36-24(34)21-17-31-25(30-16-20-8-6-7-9-22(20)28)33-23(21)29-14-18-10-12-19(13-11-18)15-32-26(35)37-27(2,3)4/h6-9,17-19H,5,10-16H2,1-4H3,(H,32,35)(H2,29,30,31,33). The minimum absolute atomic E-state index is 0.270. The number of anilines is 2. The van der Waals surface area contributed by atoms with Crippen LogP contribution in [0.2, 0.25) is 5.02 Å². The number of esters is 1. The fraction of sp³-hybridized carbons (Fsp3) is 0.556. The number of carbonyl (C=O) groups excluding carboxylic acids is 2. The molecule has 1 heterocycles. The molecule has 1 aliphatic rings. The summed E-state index contributed by atoms with van der Waals surface area (Å²) in [6.07, 6.45) is 5.19. The topological polar surface area (TPSA) is 114 Å². The number of aromatic nitrogens is 2. The maximum atomic E-state index is 12.5. The number of ether oxygens (including phenoxy) is 2. The molecular weight excluding hydrogens is 494 g/mol. The predicted molar refractivity (Wildman–Crippen MR) is 145 cm³/mol. The minimum atomic E-state index is -0.499. The molecular formula is C27H38ClN5O4. The molecule has 202 valence electrons. The number of halogens is 1. The highest BCUT2D eigenvalue weighted by molar-refractivity contribution is 6.31. The van der Waals surface area contributed by atoms with Crippen molar-refractivity contribution in [1.29, 1.82) is 0 Å². The Morgan fingerprint density at radius 1 is 1.05 bits per heavy atom. The van der Waals surface area contributed by atoms with E-state index in [1.165, 1.54) is 6.20 Å². The Hall–Kier alpha value is -3.07. The van der Waals surface area contributed by atoms with Crippen molar-refractivity contribution in [3.05, 3.63) is 46.6 Å². The monoisotopic (exact) mass is 531 g/mol. The second-order valence-electron chi connectivity index (χ2n) is 10.3. The van der Waals surface area contributed by atoms with Crippen LogP contribution in [0.4, 0.5) is 16.6 Å². The van der Waals surface area contributed by atoms with Gasteiger partial charge in [0.1, 0.15) is 17.0 Å². The summed E-state index contributed by atoms with van der Waals surface area (Å²) in [5, 5.41) is 10.1. The second-order valence-corrected chi connectivity index (χ2v) is 10.7. The van der Waals surface area contributed by atoms with Gasteiger partial charge in [-0.2, -0.15) is 4.98 Å². The lowest BCUT2D eigenvalue weighted by Crippen LogP contribution is -2.36. The third-order valence-electron chi connectivity index (χ3n) is 6.14. The van der Waals surface area contributed by atoms with Crippen LogP contribution in [0.5, 0.6) is 0 Å². The lowest BCUT2D eigenvalue weighted by molar-refractivity contribution is 0.0507. The maximum absolute atomic E-state index is 12.5. The van der Waals surface area contributed by atoms with Gasteiger partial charge in [0.05, 0.1) is 6.61 Å². The van der Waals surface area contributed by atoms with Crippen LogP contribution in [0.15, 0.2) is 30.5 Å². The zero-order valence-corrected chi connectivity index (χ0v) is 22.9. The van der Waals surface area contributed by atoms with Gasteiger partial charge < -0.3 is 25.4 Å². The van der Waals surface area contributed by atoms with Gasteiger partial charge in [-0.05, 0) is 76.8 Å². The quantitative estimate of drug-likeness (QED) is 0.336. The van der Waals surface area contributed by atoms with Gasteiger partial charge in [-0.15, -0.1) is 0 Å². The van der Waals surface area contributed by atoms with Crippen LogP contribution in [0, 0.1) is 11.8 Å². The SMILES string of the molecule is CCOC(=O)c1cnc(NCc2ccccc2Cl)nc1NCC1CCC(CNC(=O)OC(C)(C)C)CC1. The number of nitrogens with zero attached hydrogens (tertiary/aromatic N) is 2. The van der Waals surface area contributed by atoms with Crippen molar-refractivity contribution in [3.8, 4) is 0 Å².